The summed E-state index contributed by atoms with van der Waals surface area (Å²) < 4.78 is 0. The van der Waals surface area contributed by atoms with Crippen molar-refractivity contribution in [2.45, 2.75) is 0 Å². The van der Waals surface area contributed by atoms with E-state index in [1.54, 1.807) is 0 Å². The van der Waals surface area contributed by atoms with Crippen LogP contribution in [-0.4, -0.2) is 12.0 Å². The maximum atomic E-state index is 3.63. The fourth-order valence-corrected chi connectivity index (χ4v) is 5.71. The minimum absolute atomic E-state index is 1.10. The number of nitrogens with one attached hydrogen (secondary N) is 2. The lowest BCUT2D eigenvalue weighted by Gasteiger charge is -2.19. The third-order valence-corrected chi connectivity index (χ3v) is 7.39. The van der Waals surface area contributed by atoms with E-state index in [9.17, 15) is 0 Å². The van der Waals surface area contributed by atoms with Crippen LogP contribution in [0.4, 0.5) is 5.69 Å². The van der Waals surface area contributed by atoms with Crippen LogP contribution in [0.3, 0.4) is 0 Å². The number of para-hydroxylation sites is 1. The Morgan fingerprint density at radius 2 is 1.08 bits per heavy atom. The van der Waals surface area contributed by atoms with Crippen LogP contribution in [0.25, 0.3) is 66.0 Å². The van der Waals surface area contributed by atoms with Crippen molar-refractivity contribution in [3.63, 3.8) is 0 Å². The maximum Gasteiger partial charge on any atom is 0.0485 e. The van der Waals surface area contributed by atoms with Gasteiger partial charge >= 0.3 is 0 Å². The zero-order chi connectivity index (χ0) is 24.8. The van der Waals surface area contributed by atoms with Gasteiger partial charge in [0.25, 0.3) is 0 Å². The van der Waals surface area contributed by atoms with E-state index in [0.717, 1.165) is 22.5 Å². The molecule has 0 saturated carbocycles. The number of benzene rings is 6. The Kier molecular flexibility index (Phi) is 5.04. The summed E-state index contributed by atoms with van der Waals surface area (Å²) in [5.74, 6) is 0. The van der Waals surface area contributed by atoms with Crippen molar-refractivity contribution in [1.29, 1.82) is 0 Å². The number of hydrogen-bond acceptors (Lipinski definition) is 1. The molecule has 0 bridgehead atoms. The van der Waals surface area contributed by atoms with Crippen LogP contribution in [0.1, 0.15) is 0 Å². The third-order valence-electron chi connectivity index (χ3n) is 7.39. The van der Waals surface area contributed by atoms with Gasteiger partial charge in [0.05, 0.1) is 0 Å². The molecule has 0 radical (unpaired) electrons. The van der Waals surface area contributed by atoms with E-state index >= 15 is 0 Å². The molecular weight excluding hydrogens is 448 g/mol. The van der Waals surface area contributed by atoms with Gasteiger partial charge in [0, 0.05) is 34.9 Å². The van der Waals surface area contributed by atoms with Gasteiger partial charge in [0.2, 0.25) is 0 Å². The number of fused-ring (bicyclic) bond motifs is 3. The standard InChI is InChI=1S/C35H26N2/c1-36-32-20-19-25(21-30(32)33-22-24-13-5-10-18-31(24)37-33)35-28-16-8-6-14-26(28)34(23-11-3-2-4-12-23)27-15-7-9-17-29(27)35/h2-22,36-37H,1H3. The van der Waals surface area contributed by atoms with E-state index in [0.29, 0.717) is 0 Å². The smallest absolute Gasteiger partial charge is 0.0485 e. The first-order valence-electron chi connectivity index (χ1n) is 12.7. The Hall–Kier alpha value is -4.82. The molecule has 0 aliphatic carbocycles. The molecule has 0 aliphatic heterocycles. The predicted molar refractivity (Wildman–Crippen MR) is 159 cm³/mol. The molecule has 0 aliphatic rings. The lowest BCUT2D eigenvalue weighted by atomic mass is 9.85. The minimum Gasteiger partial charge on any atom is -0.388 e. The van der Waals surface area contributed by atoms with E-state index in [4.69, 9.17) is 0 Å². The molecule has 0 saturated heterocycles. The molecule has 2 N–H and O–H groups in total. The Bertz CT molecular complexity index is 1820. The van der Waals surface area contributed by atoms with Crippen molar-refractivity contribution in [3.05, 3.63) is 127 Å². The topological polar surface area (TPSA) is 27.8 Å². The van der Waals surface area contributed by atoms with Crippen molar-refractivity contribution in [1.82, 2.24) is 4.98 Å². The zero-order valence-electron chi connectivity index (χ0n) is 20.6. The highest BCUT2D eigenvalue weighted by Gasteiger charge is 2.18. The SMILES string of the molecule is CNc1ccc(-c2c3ccccc3c(-c3ccccc3)c3ccccc23)cc1-c1cc2ccccc2[nH]1. The van der Waals surface area contributed by atoms with E-state index in [1.807, 2.05) is 7.05 Å². The van der Waals surface area contributed by atoms with Gasteiger partial charge in [-0.25, -0.2) is 0 Å². The number of hydrogen-bond donors (Lipinski definition) is 2. The van der Waals surface area contributed by atoms with Crippen LogP contribution >= 0.6 is 0 Å². The largest absolute Gasteiger partial charge is 0.388 e. The van der Waals surface area contributed by atoms with E-state index in [2.05, 4.69) is 138 Å². The van der Waals surface area contributed by atoms with E-state index < -0.39 is 0 Å². The van der Waals surface area contributed by atoms with Crippen molar-refractivity contribution in [2.24, 2.45) is 0 Å². The summed E-state index contributed by atoms with van der Waals surface area (Å²) in [6, 6.07) is 45.8. The Balaban J connectivity index is 1.55. The van der Waals surface area contributed by atoms with Crippen LogP contribution < -0.4 is 5.32 Å². The second kappa shape index (κ2) is 8.69. The number of aromatic amines is 1. The highest BCUT2D eigenvalue weighted by atomic mass is 14.8. The fraction of sp³-hybridized carbons (Fsp3) is 0.0286. The van der Waals surface area contributed by atoms with Crippen molar-refractivity contribution in [3.8, 4) is 33.5 Å². The molecule has 1 aromatic heterocycles. The molecule has 176 valence electrons. The van der Waals surface area contributed by atoms with Crippen molar-refractivity contribution >= 4 is 38.1 Å². The molecule has 0 atom stereocenters. The van der Waals surface area contributed by atoms with Gasteiger partial charge < -0.3 is 10.3 Å². The molecule has 7 aromatic rings. The summed E-state index contributed by atoms with van der Waals surface area (Å²) in [6.45, 7) is 0. The highest BCUT2D eigenvalue weighted by Crippen LogP contribution is 2.44. The molecule has 37 heavy (non-hydrogen) atoms. The van der Waals surface area contributed by atoms with Crippen molar-refractivity contribution < 1.29 is 0 Å². The molecule has 0 amide bonds. The molecule has 2 heteroatoms. The normalized spacial score (nSPS) is 11.4. The van der Waals surface area contributed by atoms with Crippen LogP contribution in [0.5, 0.6) is 0 Å². The molecule has 6 aromatic carbocycles. The number of H-pyrrole nitrogens is 1. The minimum atomic E-state index is 1.10. The van der Waals surface area contributed by atoms with Crippen LogP contribution in [0.2, 0.25) is 0 Å². The van der Waals surface area contributed by atoms with Gasteiger partial charge in [-0.15, -0.1) is 0 Å². The predicted octanol–water partition coefficient (Wildman–Crippen LogP) is 9.52. The summed E-state index contributed by atoms with van der Waals surface area (Å²) in [5.41, 5.74) is 9.53. The molecule has 0 fully saturated rings. The summed E-state index contributed by atoms with van der Waals surface area (Å²) in [5, 5.41) is 9.69. The van der Waals surface area contributed by atoms with Crippen LogP contribution in [-0.2, 0) is 0 Å². The zero-order valence-corrected chi connectivity index (χ0v) is 20.6. The Morgan fingerprint density at radius 1 is 0.514 bits per heavy atom. The molecule has 2 nitrogen and oxygen atoms in total. The summed E-state index contributed by atoms with van der Waals surface area (Å²) in [4.78, 5) is 3.63. The third kappa shape index (κ3) is 3.49. The molecule has 0 unspecified atom stereocenters. The Morgan fingerprint density at radius 3 is 1.70 bits per heavy atom. The highest BCUT2D eigenvalue weighted by molar-refractivity contribution is 6.21. The quantitative estimate of drug-likeness (QED) is 0.244. The monoisotopic (exact) mass is 474 g/mol. The second-order valence-corrected chi connectivity index (χ2v) is 9.49. The summed E-state index contributed by atoms with van der Waals surface area (Å²) in [6.07, 6.45) is 0. The number of anilines is 1. The number of aromatic nitrogens is 1. The second-order valence-electron chi connectivity index (χ2n) is 9.49. The van der Waals surface area contributed by atoms with Crippen LogP contribution in [0.15, 0.2) is 127 Å². The molecular formula is C35H26N2. The van der Waals surface area contributed by atoms with E-state index in [1.165, 1.54) is 49.2 Å². The van der Waals surface area contributed by atoms with Crippen LogP contribution in [0, 0.1) is 0 Å². The van der Waals surface area contributed by atoms with Gasteiger partial charge in [0.1, 0.15) is 0 Å². The molecule has 1 heterocycles. The molecule has 7 rings (SSSR count). The first-order valence-corrected chi connectivity index (χ1v) is 12.7. The first kappa shape index (κ1) is 21.5. The summed E-state index contributed by atoms with van der Waals surface area (Å²) >= 11 is 0. The van der Waals surface area contributed by atoms with Gasteiger partial charge in [0.15, 0.2) is 0 Å². The maximum absolute atomic E-state index is 3.63. The van der Waals surface area contributed by atoms with Gasteiger partial charge in [-0.1, -0.05) is 103 Å². The van der Waals surface area contributed by atoms with E-state index in [-0.39, 0.29) is 0 Å². The lowest BCUT2D eigenvalue weighted by Crippen LogP contribution is -1.94. The van der Waals surface area contributed by atoms with Gasteiger partial charge in [-0.05, 0) is 68.1 Å². The lowest BCUT2D eigenvalue weighted by molar-refractivity contribution is 1.43. The summed E-state index contributed by atoms with van der Waals surface area (Å²) in [7, 11) is 1.99. The average Bonchev–Trinajstić information content (AvgIpc) is 3.40. The molecule has 0 spiro atoms. The first-order chi connectivity index (χ1) is 18.3. The average molecular weight is 475 g/mol. The van der Waals surface area contributed by atoms with Crippen molar-refractivity contribution in [2.75, 3.05) is 12.4 Å². The van der Waals surface area contributed by atoms with Gasteiger partial charge in [-0.2, -0.15) is 0 Å². The number of rotatable bonds is 4. The fourth-order valence-electron chi connectivity index (χ4n) is 5.71. The Labute approximate surface area is 216 Å². The van der Waals surface area contributed by atoms with Gasteiger partial charge in [-0.3, -0.25) is 0 Å².